The number of ether oxygens (including phenoxy) is 1. The maximum atomic E-state index is 13.0. The van der Waals surface area contributed by atoms with E-state index >= 15 is 0 Å². The number of aromatic nitrogens is 2. The third kappa shape index (κ3) is 3.18. The smallest absolute Gasteiger partial charge is 0.254 e. The predicted octanol–water partition coefficient (Wildman–Crippen LogP) is 2.53. The van der Waals surface area contributed by atoms with E-state index in [0.717, 1.165) is 17.4 Å². The molecule has 1 aliphatic heterocycles. The van der Waals surface area contributed by atoms with Gasteiger partial charge in [-0.25, -0.2) is 4.98 Å². The predicted molar refractivity (Wildman–Crippen MR) is 98.5 cm³/mol. The first-order chi connectivity index (χ1) is 12.6. The highest BCUT2D eigenvalue weighted by Gasteiger charge is 2.29. The Kier molecular flexibility index (Phi) is 4.16. The number of para-hydroxylation sites is 1. The number of rotatable bonds is 3. The fourth-order valence-corrected chi connectivity index (χ4v) is 3.26. The summed E-state index contributed by atoms with van der Waals surface area (Å²) in [5.74, 6) is 0.423. The second-order valence-electron chi connectivity index (χ2n) is 6.55. The SMILES string of the molecule is Cc1ccc(O[C@H]2CCN(C(=O)c3cc(=O)[nH]c4ccccc34)C2)nc1. The molecule has 4 rings (SSSR count). The van der Waals surface area contributed by atoms with Crippen LogP contribution in [0.4, 0.5) is 0 Å². The summed E-state index contributed by atoms with van der Waals surface area (Å²) in [4.78, 5) is 33.6. The number of aromatic amines is 1. The Balaban J connectivity index is 1.53. The van der Waals surface area contributed by atoms with Crippen molar-refractivity contribution in [3.05, 3.63) is 70.1 Å². The first-order valence-electron chi connectivity index (χ1n) is 8.61. The maximum Gasteiger partial charge on any atom is 0.254 e. The van der Waals surface area contributed by atoms with E-state index in [2.05, 4.69) is 9.97 Å². The third-order valence-corrected chi connectivity index (χ3v) is 4.58. The molecule has 1 amide bonds. The third-order valence-electron chi connectivity index (χ3n) is 4.58. The highest BCUT2D eigenvalue weighted by molar-refractivity contribution is 6.06. The molecule has 3 aromatic rings. The van der Waals surface area contributed by atoms with Gasteiger partial charge >= 0.3 is 0 Å². The number of carbonyl (C=O) groups excluding carboxylic acids is 1. The molecule has 3 heterocycles. The molecule has 0 saturated carbocycles. The Morgan fingerprint density at radius 2 is 2.12 bits per heavy atom. The van der Waals surface area contributed by atoms with Gasteiger partial charge in [-0.1, -0.05) is 24.3 Å². The van der Waals surface area contributed by atoms with Crippen molar-refractivity contribution >= 4 is 16.8 Å². The van der Waals surface area contributed by atoms with E-state index in [1.165, 1.54) is 6.07 Å². The van der Waals surface area contributed by atoms with Gasteiger partial charge in [0, 0.05) is 42.2 Å². The number of hydrogen-bond acceptors (Lipinski definition) is 4. The van der Waals surface area contributed by atoms with Gasteiger partial charge in [0.15, 0.2) is 0 Å². The van der Waals surface area contributed by atoms with Crippen LogP contribution in [0, 0.1) is 6.92 Å². The molecule has 26 heavy (non-hydrogen) atoms. The van der Waals surface area contributed by atoms with E-state index in [-0.39, 0.29) is 17.6 Å². The number of nitrogens with zero attached hydrogens (tertiary/aromatic N) is 2. The molecule has 6 heteroatoms. The number of carbonyl (C=O) groups is 1. The van der Waals surface area contributed by atoms with Crippen molar-refractivity contribution in [3.63, 3.8) is 0 Å². The normalized spacial score (nSPS) is 16.8. The summed E-state index contributed by atoms with van der Waals surface area (Å²) in [5, 5.41) is 0.752. The second kappa shape index (κ2) is 6.63. The monoisotopic (exact) mass is 349 g/mol. The molecule has 0 spiro atoms. The van der Waals surface area contributed by atoms with Crippen molar-refractivity contribution in [1.29, 1.82) is 0 Å². The standard InChI is InChI=1S/C20H19N3O3/c1-13-6-7-19(21-11-13)26-14-8-9-23(12-14)20(25)16-10-18(24)22-17-5-3-2-4-15(16)17/h2-7,10-11,14H,8-9,12H2,1H3,(H,22,24)/t14-/m0/s1. The molecule has 1 aromatic carbocycles. The molecule has 1 aliphatic rings. The molecule has 0 bridgehead atoms. The molecule has 0 radical (unpaired) electrons. The van der Waals surface area contributed by atoms with Crippen LogP contribution in [0.5, 0.6) is 5.88 Å². The van der Waals surface area contributed by atoms with Crippen molar-refractivity contribution in [2.75, 3.05) is 13.1 Å². The van der Waals surface area contributed by atoms with Crippen molar-refractivity contribution in [3.8, 4) is 5.88 Å². The fourth-order valence-electron chi connectivity index (χ4n) is 3.26. The average Bonchev–Trinajstić information content (AvgIpc) is 3.11. The number of H-pyrrole nitrogens is 1. The average molecular weight is 349 g/mol. The molecule has 1 fully saturated rings. The molecule has 1 N–H and O–H groups in total. The summed E-state index contributed by atoms with van der Waals surface area (Å²) in [6, 6.07) is 12.5. The largest absolute Gasteiger partial charge is 0.472 e. The number of likely N-dealkylation sites (tertiary alicyclic amines) is 1. The lowest BCUT2D eigenvalue weighted by molar-refractivity contribution is 0.0773. The van der Waals surface area contributed by atoms with E-state index in [0.29, 0.717) is 30.0 Å². The Bertz CT molecular complexity index is 1010. The Morgan fingerprint density at radius 3 is 2.92 bits per heavy atom. The number of nitrogens with one attached hydrogen (secondary N) is 1. The van der Waals surface area contributed by atoms with E-state index in [1.807, 2.05) is 37.3 Å². The van der Waals surface area contributed by atoms with E-state index in [4.69, 9.17) is 4.74 Å². The van der Waals surface area contributed by atoms with Gasteiger partial charge in [0.2, 0.25) is 11.4 Å². The molecule has 132 valence electrons. The van der Waals surface area contributed by atoms with Crippen LogP contribution in [-0.4, -0.2) is 40.0 Å². The number of hydrogen-bond donors (Lipinski definition) is 1. The summed E-state index contributed by atoms with van der Waals surface area (Å²) in [5.41, 5.74) is 1.89. The quantitative estimate of drug-likeness (QED) is 0.788. The number of pyridine rings is 2. The van der Waals surface area contributed by atoms with Crippen LogP contribution in [0.25, 0.3) is 10.9 Å². The lowest BCUT2D eigenvalue weighted by Gasteiger charge is -2.18. The summed E-state index contributed by atoms with van der Waals surface area (Å²) < 4.78 is 5.88. The van der Waals surface area contributed by atoms with Gasteiger partial charge in [-0.05, 0) is 18.6 Å². The van der Waals surface area contributed by atoms with Crippen LogP contribution >= 0.6 is 0 Å². The zero-order valence-corrected chi connectivity index (χ0v) is 14.4. The highest BCUT2D eigenvalue weighted by Crippen LogP contribution is 2.21. The summed E-state index contributed by atoms with van der Waals surface area (Å²) in [6.45, 7) is 3.05. The number of amides is 1. The van der Waals surface area contributed by atoms with E-state index < -0.39 is 0 Å². The van der Waals surface area contributed by atoms with Crippen LogP contribution in [0.1, 0.15) is 22.3 Å². The molecule has 6 nitrogen and oxygen atoms in total. The summed E-state index contributed by atoms with van der Waals surface area (Å²) in [6.07, 6.45) is 2.40. The molecule has 1 saturated heterocycles. The van der Waals surface area contributed by atoms with Crippen molar-refractivity contribution in [1.82, 2.24) is 14.9 Å². The second-order valence-corrected chi connectivity index (χ2v) is 6.55. The Morgan fingerprint density at radius 1 is 1.27 bits per heavy atom. The zero-order chi connectivity index (χ0) is 18.1. The van der Waals surface area contributed by atoms with Crippen molar-refractivity contribution in [2.24, 2.45) is 0 Å². The first-order valence-corrected chi connectivity index (χ1v) is 8.61. The van der Waals surface area contributed by atoms with E-state index in [9.17, 15) is 9.59 Å². The minimum Gasteiger partial charge on any atom is -0.472 e. The van der Waals surface area contributed by atoms with Crippen LogP contribution in [0.2, 0.25) is 0 Å². The maximum absolute atomic E-state index is 13.0. The summed E-state index contributed by atoms with van der Waals surface area (Å²) in [7, 11) is 0. The van der Waals surface area contributed by atoms with Crippen molar-refractivity contribution in [2.45, 2.75) is 19.4 Å². The van der Waals surface area contributed by atoms with Crippen LogP contribution in [0.15, 0.2) is 53.5 Å². The van der Waals surface area contributed by atoms with Gasteiger partial charge in [-0.3, -0.25) is 9.59 Å². The molecular weight excluding hydrogens is 330 g/mol. The van der Waals surface area contributed by atoms with E-state index in [1.54, 1.807) is 17.2 Å². The topological polar surface area (TPSA) is 75.3 Å². The Labute approximate surface area is 150 Å². The van der Waals surface area contributed by atoms with Gasteiger partial charge < -0.3 is 14.6 Å². The lowest BCUT2D eigenvalue weighted by Crippen LogP contribution is -2.32. The number of fused-ring (bicyclic) bond motifs is 1. The van der Waals surface area contributed by atoms with Gasteiger partial charge in [-0.2, -0.15) is 0 Å². The number of aryl methyl sites for hydroxylation is 1. The fraction of sp³-hybridized carbons (Fsp3) is 0.250. The lowest BCUT2D eigenvalue weighted by atomic mass is 10.1. The van der Waals surface area contributed by atoms with Gasteiger partial charge in [-0.15, -0.1) is 0 Å². The molecule has 1 atom stereocenters. The van der Waals surface area contributed by atoms with Gasteiger partial charge in [0.1, 0.15) is 6.10 Å². The molecule has 0 unspecified atom stereocenters. The number of benzene rings is 1. The minimum atomic E-state index is -0.275. The van der Waals surface area contributed by atoms with Gasteiger partial charge in [0.25, 0.3) is 5.91 Å². The molecular formula is C20H19N3O3. The van der Waals surface area contributed by atoms with Crippen LogP contribution < -0.4 is 10.3 Å². The summed E-state index contributed by atoms with van der Waals surface area (Å²) >= 11 is 0. The van der Waals surface area contributed by atoms with Crippen molar-refractivity contribution < 1.29 is 9.53 Å². The zero-order valence-electron chi connectivity index (χ0n) is 14.4. The molecule has 2 aromatic heterocycles. The van der Waals surface area contributed by atoms with Gasteiger partial charge in [0.05, 0.1) is 12.1 Å². The minimum absolute atomic E-state index is 0.0950. The highest BCUT2D eigenvalue weighted by atomic mass is 16.5. The Hall–Kier alpha value is -3.15. The van der Waals surface area contributed by atoms with Crippen LogP contribution in [0.3, 0.4) is 0 Å². The first kappa shape index (κ1) is 16.3. The molecule has 0 aliphatic carbocycles. The van der Waals surface area contributed by atoms with Crippen LogP contribution in [-0.2, 0) is 0 Å².